The lowest BCUT2D eigenvalue weighted by molar-refractivity contribution is -0.0472. The Bertz CT molecular complexity index is 357. The van der Waals surface area contributed by atoms with E-state index in [1.807, 2.05) is 12.3 Å². The van der Waals surface area contributed by atoms with Crippen molar-refractivity contribution in [2.45, 2.75) is 6.29 Å². The number of nitrogens with zero attached hydrogens (tertiary/aromatic N) is 2. The fraction of sp³-hybridized carbons (Fsp3) is 0.583. The van der Waals surface area contributed by atoms with E-state index in [4.69, 9.17) is 9.47 Å². The molecular weight excluding hydrogens is 218 g/mol. The summed E-state index contributed by atoms with van der Waals surface area (Å²) in [6.45, 7) is 5.47. The Hall–Kier alpha value is -1.17. The van der Waals surface area contributed by atoms with Crippen LogP contribution in [0.15, 0.2) is 18.3 Å². The highest BCUT2D eigenvalue weighted by Gasteiger charge is 2.20. The Morgan fingerprint density at radius 2 is 1.94 bits per heavy atom. The number of hydrogen-bond donors (Lipinski definition) is 1. The summed E-state index contributed by atoms with van der Waals surface area (Å²) >= 11 is 0. The normalized spacial score (nSPS) is 22.0. The molecule has 2 aliphatic rings. The highest BCUT2D eigenvalue weighted by molar-refractivity contribution is 5.45. The van der Waals surface area contributed by atoms with Crippen molar-refractivity contribution in [2.75, 3.05) is 44.3 Å². The Balaban J connectivity index is 1.70. The zero-order valence-corrected chi connectivity index (χ0v) is 9.76. The first-order valence-corrected chi connectivity index (χ1v) is 6.08. The zero-order chi connectivity index (χ0) is 11.5. The number of anilines is 1. The monoisotopic (exact) mass is 235 g/mol. The van der Waals surface area contributed by atoms with Crippen LogP contribution in [0.3, 0.4) is 0 Å². The van der Waals surface area contributed by atoms with Crippen molar-refractivity contribution in [1.29, 1.82) is 0 Å². The lowest BCUT2D eigenvalue weighted by Gasteiger charge is -2.29. The second-order valence-electron chi connectivity index (χ2n) is 4.25. The molecule has 0 bridgehead atoms. The van der Waals surface area contributed by atoms with Gasteiger partial charge >= 0.3 is 0 Å². The molecule has 1 aromatic heterocycles. The summed E-state index contributed by atoms with van der Waals surface area (Å²) in [4.78, 5) is 6.76. The molecule has 0 radical (unpaired) electrons. The number of nitrogens with one attached hydrogen (secondary N) is 1. The maximum absolute atomic E-state index is 5.42. The fourth-order valence-corrected chi connectivity index (χ4v) is 2.18. The van der Waals surface area contributed by atoms with E-state index in [9.17, 15) is 0 Å². The molecule has 2 aliphatic heterocycles. The number of rotatable bonds is 2. The molecule has 0 amide bonds. The number of hydrogen-bond acceptors (Lipinski definition) is 5. The van der Waals surface area contributed by atoms with Crippen LogP contribution in [0.2, 0.25) is 0 Å². The van der Waals surface area contributed by atoms with Gasteiger partial charge in [0.05, 0.1) is 30.8 Å². The molecule has 3 rings (SSSR count). The number of ether oxygens (including phenoxy) is 2. The molecule has 5 heteroatoms. The molecule has 92 valence electrons. The van der Waals surface area contributed by atoms with Crippen molar-refractivity contribution >= 4 is 5.69 Å². The van der Waals surface area contributed by atoms with E-state index in [1.165, 1.54) is 5.69 Å². The smallest absolute Gasteiger partial charge is 0.201 e. The highest BCUT2D eigenvalue weighted by Crippen LogP contribution is 2.23. The quantitative estimate of drug-likeness (QED) is 0.810. The van der Waals surface area contributed by atoms with Crippen molar-refractivity contribution in [3.63, 3.8) is 0 Å². The topological polar surface area (TPSA) is 46.6 Å². The van der Waals surface area contributed by atoms with Gasteiger partial charge in [0, 0.05) is 26.2 Å². The van der Waals surface area contributed by atoms with Crippen molar-refractivity contribution < 1.29 is 9.47 Å². The molecule has 0 spiro atoms. The van der Waals surface area contributed by atoms with Gasteiger partial charge in [0.2, 0.25) is 6.29 Å². The van der Waals surface area contributed by atoms with Crippen molar-refractivity contribution in [2.24, 2.45) is 0 Å². The van der Waals surface area contributed by atoms with E-state index in [2.05, 4.69) is 21.3 Å². The Morgan fingerprint density at radius 3 is 2.59 bits per heavy atom. The minimum atomic E-state index is -0.271. The third-order valence-corrected chi connectivity index (χ3v) is 3.12. The lowest BCUT2D eigenvalue weighted by atomic mass is 10.2. The van der Waals surface area contributed by atoms with Crippen molar-refractivity contribution in [3.8, 4) is 0 Å². The van der Waals surface area contributed by atoms with Gasteiger partial charge in [-0.2, -0.15) is 0 Å². The van der Waals surface area contributed by atoms with Gasteiger partial charge in [0.25, 0.3) is 0 Å². The van der Waals surface area contributed by atoms with Crippen LogP contribution in [-0.2, 0) is 9.47 Å². The highest BCUT2D eigenvalue weighted by atomic mass is 16.7. The Morgan fingerprint density at radius 1 is 1.18 bits per heavy atom. The molecular formula is C12H17N3O2. The average molecular weight is 235 g/mol. The zero-order valence-electron chi connectivity index (χ0n) is 9.76. The molecule has 0 aliphatic carbocycles. The van der Waals surface area contributed by atoms with Crippen molar-refractivity contribution in [1.82, 2.24) is 10.3 Å². The van der Waals surface area contributed by atoms with E-state index in [1.54, 1.807) is 0 Å². The van der Waals surface area contributed by atoms with Crippen LogP contribution in [0.5, 0.6) is 0 Å². The Kier molecular flexibility index (Phi) is 3.22. The van der Waals surface area contributed by atoms with Crippen LogP contribution >= 0.6 is 0 Å². The summed E-state index contributed by atoms with van der Waals surface area (Å²) in [5.74, 6) is 0. The average Bonchev–Trinajstić information content (AvgIpc) is 2.94. The van der Waals surface area contributed by atoms with Crippen LogP contribution in [0.25, 0.3) is 0 Å². The third kappa shape index (κ3) is 2.41. The molecule has 1 aromatic rings. The second-order valence-corrected chi connectivity index (χ2v) is 4.25. The summed E-state index contributed by atoms with van der Waals surface area (Å²) in [6, 6.07) is 4.09. The van der Waals surface area contributed by atoms with Gasteiger partial charge in [-0.25, -0.2) is 0 Å². The molecule has 2 fully saturated rings. The van der Waals surface area contributed by atoms with E-state index in [0.717, 1.165) is 31.9 Å². The van der Waals surface area contributed by atoms with Gasteiger partial charge in [-0.1, -0.05) is 0 Å². The third-order valence-electron chi connectivity index (χ3n) is 3.12. The molecule has 5 nitrogen and oxygen atoms in total. The number of aromatic nitrogens is 1. The summed E-state index contributed by atoms with van der Waals surface area (Å²) in [5.41, 5.74) is 2.04. The molecule has 0 aromatic carbocycles. The maximum Gasteiger partial charge on any atom is 0.201 e. The second kappa shape index (κ2) is 5.00. The molecule has 3 heterocycles. The fourth-order valence-electron chi connectivity index (χ4n) is 2.18. The van der Waals surface area contributed by atoms with Crippen LogP contribution in [0.4, 0.5) is 5.69 Å². The van der Waals surface area contributed by atoms with E-state index in [0.29, 0.717) is 13.2 Å². The summed E-state index contributed by atoms with van der Waals surface area (Å²) < 4.78 is 10.8. The van der Waals surface area contributed by atoms with E-state index in [-0.39, 0.29) is 6.29 Å². The SMILES string of the molecule is c1cc(C2OCCO2)ncc1N1CCNCC1. The van der Waals surface area contributed by atoms with Gasteiger partial charge < -0.3 is 19.7 Å². The van der Waals surface area contributed by atoms with Crippen LogP contribution in [0, 0.1) is 0 Å². The first-order valence-electron chi connectivity index (χ1n) is 6.08. The first kappa shape index (κ1) is 11.0. The van der Waals surface area contributed by atoms with Gasteiger partial charge in [0.1, 0.15) is 0 Å². The van der Waals surface area contributed by atoms with Crippen LogP contribution in [-0.4, -0.2) is 44.4 Å². The summed E-state index contributed by atoms with van der Waals surface area (Å²) in [6.07, 6.45) is 1.64. The number of piperazine rings is 1. The summed E-state index contributed by atoms with van der Waals surface area (Å²) in [5, 5.41) is 3.34. The molecule has 0 unspecified atom stereocenters. The molecule has 2 saturated heterocycles. The molecule has 1 N–H and O–H groups in total. The summed E-state index contributed by atoms with van der Waals surface area (Å²) in [7, 11) is 0. The largest absolute Gasteiger partial charge is 0.368 e. The predicted octanol–water partition coefficient (Wildman–Crippen LogP) is 0.537. The lowest BCUT2D eigenvalue weighted by Crippen LogP contribution is -2.43. The Labute approximate surface area is 101 Å². The van der Waals surface area contributed by atoms with Gasteiger partial charge in [-0.3, -0.25) is 4.98 Å². The molecule has 0 saturated carbocycles. The van der Waals surface area contributed by atoms with Gasteiger partial charge in [-0.15, -0.1) is 0 Å². The van der Waals surface area contributed by atoms with Gasteiger partial charge in [-0.05, 0) is 12.1 Å². The minimum Gasteiger partial charge on any atom is -0.368 e. The minimum absolute atomic E-state index is 0.271. The van der Waals surface area contributed by atoms with E-state index < -0.39 is 0 Å². The maximum atomic E-state index is 5.42. The first-order chi connectivity index (χ1) is 8.43. The predicted molar refractivity (Wildman–Crippen MR) is 64.0 cm³/mol. The van der Waals surface area contributed by atoms with Crippen LogP contribution < -0.4 is 10.2 Å². The van der Waals surface area contributed by atoms with Gasteiger partial charge in [0.15, 0.2) is 0 Å². The number of pyridine rings is 1. The van der Waals surface area contributed by atoms with Crippen molar-refractivity contribution in [3.05, 3.63) is 24.0 Å². The molecule has 17 heavy (non-hydrogen) atoms. The van der Waals surface area contributed by atoms with E-state index >= 15 is 0 Å². The van der Waals surface area contributed by atoms with Crippen LogP contribution in [0.1, 0.15) is 12.0 Å². The molecule has 0 atom stereocenters. The standard InChI is InChI=1S/C12H17N3O2/c1-2-11(12-16-7-8-17-12)14-9-10(1)15-5-3-13-4-6-15/h1-2,9,12-13H,3-8H2.